The van der Waals surface area contributed by atoms with Crippen molar-refractivity contribution in [3.8, 4) is 22.3 Å². The largest absolute Gasteiger partial charge is 0.0616 e. The van der Waals surface area contributed by atoms with Crippen molar-refractivity contribution >= 4 is 64.6 Å². The summed E-state index contributed by atoms with van der Waals surface area (Å²) in [7, 11) is 0. The van der Waals surface area contributed by atoms with Crippen LogP contribution < -0.4 is 0 Å². The quantitative estimate of drug-likeness (QED) is 0.162. The summed E-state index contributed by atoms with van der Waals surface area (Å²) in [6.07, 6.45) is 0. The number of hydrogen-bond donors (Lipinski definition) is 0. The van der Waals surface area contributed by atoms with Gasteiger partial charge in [-0.3, -0.25) is 0 Å². The molecule has 0 aliphatic rings. The van der Waals surface area contributed by atoms with Gasteiger partial charge < -0.3 is 0 Å². The SMILES string of the molecule is c1ccc2cc(-c3ccc4c5ccc(-c6ccc7ccccc7c6)c6cccc(c7cccc3c74)c65)ccc2c1. The van der Waals surface area contributed by atoms with E-state index in [1.54, 1.807) is 0 Å². The maximum Gasteiger partial charge on any atom is -0.00201 e. The number of rotatable bonds is 2. The number of hydrogen-bond acceptors (Lipinski definition) is 0. The highest BCUT2D eigenvalue weighted by Crippen LogP contribution is 2.45. The van der Waals surface area contributed by atoms with Crippen LogP contribution in [0.25, 0.3) is 86.9 Å². The van der Waals surface area contributed by atoms with Crippen LogP contribution in [0.5, 0.6) is 0 Å². The van der Waals surface area contributed by atoms with Crippen LogP contribution in [-0.2, 0) is 0 Å². The lowest BCUT2D eigenvalue weighted by Crippen LogP contribution is -1.91. The second-order valence-corrected chi connectivity index (χ2v) is 10.9. The van der Waals surface area contributed by atoms with Crippen molar-refractivity contribution in [1.82, 2.24) is 0 Å². The molecule has 0 saturated heterocycles. The molecule has 0 nitrogen and oxygen atoms in total. The molecular weight excluding hydrogens is 480 g/mol. The van der Waals surface area contributed by atoms with Gasteiger partial charge in [0.1, 0.15) is 0 Å². The summed E-state index contributed by atoms with van der Waals surface area (Å²) in [5.74, 6) is 0. The molecule has 0 heteroatoms. The molecule has 0 unspecified atom stereocenters. The van der Waals surface area contributed by atoms with Gasteiger partial charge in [-0.05, 0) is 99.0 Å². The predicted molar refractivity (Wildman–Crippen MR) is 174 cm³/mol. The van der Waals surface area contributed by atoms with Gasteiger partial charge in [-0.25, -0.2) is 0 Å². The van der Waals surface area contributed by atoms with E-state index in [4.69, 9.17) is 0 Å². The predicted octanol–water partition coefficient (Wildman–Crippen LogP) is 11.4. The van der Waals surface area contributed by atoms with E-state index in [1.807, 2.05) is 0 Å². The Morgan fingerprint density at radius 3 is 1.12 bits per heavy atom. The molecule has 0 aliphatic heterocycles. The fraction of sp³-hybridized carbons (Fsp3) is 0. The van der Waals surface area contributed by atoms with Crippen molar-refractivity contribution < 1.29 is 0 Å². The molecule has 0 atom stereocenters. The van der Waals surface area contributed by atoms with Crippen LogP contribution in [-0.4, -0.2) is 0 Å². The Morgan fingerprint density at radius 2 is 0.650 bits per heavy atom. The van der Waals surface area contributed by atoms with Crippen molar-refractivity contribution in [2.75, 3.05) is 0 Å². The minimum Gasteiger partial charge on any atom is -0.0616 e. The number of fused-ring (bicyclic) bond motifs is 4. The van der Waals surface area contributed by atoms with Gasteiger partial charge in [-0.15, -0.1) is 0 Å². The van der Waals surface area contributed by atoms with Gasteiger partial charge in [0, 0.05) is 0 Å². The van der Waals surface area contributed by atoms with E-state index in [0.29, 0.717) is 0 Å². The third-order valence-corrected chi connectivity index (χ3v) is 8.78. The summed E-state index contributed by atoms with van der Waals surface area (Å²) in [6, 6.07) is 53.8. The molecular formula is C40H24. The third-order valence-electron chi connectivity index (χ3n) is 8.78. The Kier molecular flexibility index (Phi) is 4.42. The molecule has 9 rings (SSSR count). The van der Waals surface area contributed by atoms with Crippen molar-refractivity contribution in [3.05, 3.63) is 146 Å². The van der Waals surface area contributed by atoms with Crippen LogP contribution in [0.15, 0.2) is 146 Å². The second-order valence-electron chi connectivity index (χ2n) is 10.9. The van der Waals surface area contributed by atoms with E-state index in [2.05, 4.69) is 146 Å². The molecule has 0 aliphatic carbocycles. The van der Waals surface area contributed by atoms with Crippen molar-refractivity contribution in [1.29, 1.82) is 0 Å². The van der Waals surface area contributed by atoms with Crippen LogP contribution in [0.2, 0.25) is 0 Å². The lowest BCUT2D eigenvalue weighted by atomic mass is 9.85. The van der Waals surface area contributed by atoms with E-state index in [9.17, 15) is 0 Å². The molecule has 9 aromatic carbocycles. The monoisotopic (exact) mass is 504 g/mol. The minimum atomic E-state index is 1.26. The maximum absolute atomic E-state index is 2.34. The summed E-state index contributed by atoms with van der Waals surface area (Å²) in [5, 5.41) is 15.7. The van der Waals surface area contributed by atoms with Crippen LogP contribution in [0.4, 0.5) is 0 Å². The van der Waals surface area contributed by atoms with Crippen molar-refractivity contribution in [2.24, 2.45) is 0 Å². The molecule has 9 aromatic rings. The molecule has 184 valence electrons. The second kappa shape index (κ2) is 8.15. The van der Waals surface area contributed by atoms with E-state index >= 15 is 0 Å². The molecule has 0 heterocycles. The van der Waals surface area contributed by atoms with Crippen LogP contribution >= 0.6 is 0 Å². The van der Waals surface area contributed by atoms with Crippen molar-refractivity contribution in [2.45, 2.75) is 0 Å². The lowest BCUT2D eigenvalue weighted by molar-refractivity contribution is 1.69. The molecule has 40 heavy (non-hydrogen) atoms. The smallest absolute Gasteiger partial charge is 0.00201 e. The summed E-state index contributed by atoms with van der Waals surface area (Å²) in [6.45, 7) is 0. The minimum absolute atomic E-state index is 1.26. The zero-order valence-electron chi connectivity index (χ0n) is 21.9. The third kappa shape index (κ3) is 3.02. The van der Waals surface area contributed by atoms with Crippen LogP contribution in [0.1, 0.15) is 0 Å². The molecule has 0 N–H and O–H groups in total. The lowest BCUT2D eigenvalue weighted by Gasteiger charge is -2.18. The molecule has 0 saturated carbocycles. The Balaban J connectivity index is 1.35. The molecule has 0 spiro atoms. The highest BCUT2D eigenvalue weighted by Gasteiger charge is 2.17. The van der Waals surface area contributed by atoms with Gasteiger partial charge >= 0.3 is 0 Å². The van der Waals surface area contributed by atoms with Gasteiger partial charge in [-0.1, -0.05) is 133 Å². The first-order chi connectivity index (χ1) is 19.8. The van der Waals surface area contributed by atoms with E-state index in [-0.39, 0.29) is 0 Å². The topological polar surface area (TPSA) is 0 Å². The average Bonchev–Trinajstić information content (AvgIpc) is 3.02. The first-order valence-corrected chi connectivity index (χ1v) is 13.9. The van der Waals surface area contributed by atoms with E-state index in [1.165, 1.54) is 86.9 Å². The Morgan fingerprint density at radius 1 is 0.250 bits per heavy atom. The maximum atomic E-state index is 2.34. The highest BCUT2D eigenvalue weighted by molar-refractivity contribution is 6.35. The first-order valence-electron chi connectivity index (χ1n) is 13.9. The normalized spacial score (nSPS) is 12.0. The van der Waals surface area contributed by atoms with Gasteiger partial charge in [0.2, 0.25) is 0 Å². The van der Waals surface area contributed by atoms with Crippen molar-refractivity contribution in [3.63, 3.8) is 0 Å². The Hall–Kier alpha value is -5.20. The van der Waals surface area contributed by atoms with Gasteiger partial charge in [0.05, 0.1) is 0 Å². The Labute approximate surface area is 232 Å². The van der Waals surface area contributed by atoms with Crippen LogP contribution in [0.3, 0.4) is 0 Å². The summed E-state index contributed by atoms with van der Waals surface area (Å²) >= 11 is 0. The van der Waals surface area contributed by atoms with E-state index in [0.717, 1.165) is 0 Å². The zero-order chi connectivity index (χ0) is 26.2. The van der Waals surface area contributed by atoms with Crippen LogP contribution in [0, 0.1) is 0 Å². The number of benzene rings is 9. The highest BCUT2D eigenvalue weighted by atomic mass is 14.2. The van der Waals surface area contributed by atoms with Gasteiger partial charge in [0.15, 0.2) is 0 Å². The van der Waals surface area contributed by atoms with E-state index < -0.39 is 0 Å². The average molecular weight is 505 g/mol. The summed E-state index contributed by atoms with van der Waals surface area (Å²) < 4.78 is 0. The molecule has 0 bridgehead atoms. The first kappa shape index (κ1) is 21.7. The Bertz CT molecular complexity index is 2230. The summed E-state index contributed by atoms with van der Waals surface area (Å²) in [4.78, 5) is 0. The molecule has 0 amide bonds. The van der Waals surface area contributed by atoms with Gasteiger partial charge in [0.25, 0.3) is 0 Å². The fourth-order valence-corrected chi connectivity index (χ4v) is 6.93. The van der Waals surface area contributed by atoms with Gasteiger partial charge in [-0.2, -0.15) is 0 Å². The zero-order valence-corrected chi connectivity index (χ0v) is 21.9. The standard InChI is InChI=1S/C40H24/c1-3-9-27-23-29(17-15-25(27)7-1)31-19-21-37-38-22-20-32(30-18-16-26-8-2-4-10-28(26)24-30)34-12-6-14-36(40(34)38)35-13-5-11-33(31)39(35)37/h1-24H. The molecule has 0 fully saturated rings. The molecule has 0 radical (unpaired) electrons. The summed E-state index contributed by atoms with van der Waals surface area (Å²) in [5.41, 5.74) is 5.10. The molecule has 0 aromatic heterocycles. The fourth-order valence-electron chi connectivity index (χ4n) is 6.93.